The van der Waals surface area contributed by atoms with Gasteiger partial charge in [0.05, 0.1) is 35.6 Å². The minimum absolute atomic E-state index is 0.101. The molecular weight excluding hydrogens is 396 g/mol. The number of rotatable bonds is 5. The SMILES string of the molecule is Cn1cc(-c2cnc3[nH]cc(C(=O)N[C@@H](C(=O)N4CC[C@@H](C#N)C4)C4CC4)c3n2)cn1. The summed E-state index contributed by atoms with van der Waals surface area (Å²) < 4.78 is 1.67. The Morgan fingerprint density at radius 3 is 2.84 bits per heavy atom. The highest BCUT2D eigenvalue weighted by Gasteiger charge is 2.41. The summed E-state index contributed by atoms with van der Waals surface area (Å²) in [6, 6.07) is 1.65. The van der Waals surface area contributed by atoms with E-state index in [0.29, 0.717) is 41.9 Å². The van der Waals surface area contributed by atoms with Crippen molar-refractivity contribution in [1.82, 2.24) is 34.9 Å². The van der Waals surface area contributed by atoms with Gasteiger partial charge in [-0.2, -0.15) is 10.4 Å². The summed E-state index contributed by atoms with van der Waals surface area (Å²) in [6.45, 7) is 0.991. The lowest BCUT2D eigenvalue weighted by atomic mass is 10.1. The summed E-state index contributed by atoms with van der Waals surface area (Å²) in [7, 11) is 1.82. The Morgan fingerprint density at radius 1 is 1.32 bits per heavy atom. The second-order valence-electron chi connectivity index (χ2n) is 8.25. The van der Waals surface area contributed by atoms with Crippen molar-refractivity contribution in [2.45, 2.75) is 25.3 Å². The standard InChI is InChI=1S/C21H22N8O2/c1-28-11-14(7-25-28)16-9-24-19-18(26-16)15(8-23-19)20(30)27-17(13-2-3-13)21(31)29-5-4-12(6-22)10-29/h7-9,11-13,17H,2-5,10H2,1H3,(H,23,24)(H,27,30)/t12-,17+/m0/s1. The normalized spacial score (nSPS) is 19.4. The Hall–Kier alpha value is -3.74. The van der Waals surface area contributed by atoms with Crippen LogP contribution in [-0.4, -0.2) is 60.6 Å². The molecular formula is C21H22N8O2. The Morgan fingerprint density at radius 2 is 2.16 bits per heavy atom. The third kappa shape index (κ3) is 3.63. The number of carbonyl (C=O) groups is 2. The summed E-state index contributed by atoms with van der Waals surface area (Å²) in [4.78, 5) is 39.8. The number of fused-ring (bicyclic) bond motifs is 1. The van der Waals surface area contributed by atoms with Crippen LogP contribution in [0.15, 0.2) is 24.8 Å². The van der Waals surface area contributed by atoms with E-state index in [0.717, 1.165) is 18.4 Å². The fourth-order valence-corrected chi connectivity index (χ4v) is 4.05. The van der Waals surface area contributed by atoms with Crippen LogP contribution in [0.3, 0.4) is 0 Å². The predicted octanol–water partition coefficient (Wildman–Crippen LogP) is 1.24. The topological polar surface area (TPSA) is 133 Å². The summed E-state index contributed by atoms with van der Waals surface area (Å²) in [6.07, 6.45) is 9.22. The van der Waals surface area contributed by atoms with Gasteiger partial charge in [-0.1, -0.05) is 0 Å². The van der Waals surface area contributed by atoms with Crippen molar-refractivity contribution in [2.24, 2.45) is 18.9 Å². The number of aryl methyl sites for hydroxylation is 1. The zero-order chi connectivity index (χ0) is 21.5. The van der Waals surface area contributed by atoms with Crippen LogP contribution < -0.4 is 5.32 Å². The van der Waals surface area contributed by atoms with Crippen LogP contribution in [0, 0.1) is 23.2 Å². The third-order valence-corrected chi connectivity index (χ3v) is 5.95. The maximum absolute atomic E-state index is 13.1. The van der Waals surface area contributed by atoms with Gasteiger partial charge in [-0.05, 0) is 25.2 Å². The first kappa shape index (κ1) is 19.2. The average molecular weight is 418 g/mol. The number of hydrogen-bond acceptors (Lipinski definition) is 6. The number of nitriles is 1. The molecule has 3 aromatic heterocycles. The van der Waals surface area contributed by atoms with E-state index in [-0.39, 0.29) is 23.7 Å². The Bertz CT molecular complexity index is 1200. The molecule has 0 spiro atoms. The Labute approximate surface area is 178 Å². The van der Waals surface area contributed by atoms with Crippen LogP contribution in [0.2, 0.25) is 0 Å². The molecule has 2 fully saturated rings. The van der Waals surface area contributed by atoms with Crippen molar-refractivity contribution in [3.63, 3.8) is 0 Å². The fourth-order valence-electron chi connectivity index (χ4n) is 4.05. The molecule has 1 saturated heterocycles. The molecule has 0 aromatic carbocycles. The van der Waals surface area contributed by atoms with Crippen molar-refractivity contribution in [2.75, 3.05) is 13.1 Å². The molecule has 1 aliphatic heterocycles. The monoisotopic (exact) mass is 418 g/mol. The summed E-state index contributed by atoms with van der Waals surface area (Å²) in [5.41, 5.74) is 2.72. The van der Waals surface area contributed by atoms with E-state index in [2.05, 4.69) is 31.4 Å². The third-order valence-electron chi connectivity index (χ3n) is 5.95. The summed E-state index contributed by atoms with van der Waals surface area (Å²) in [5.74, 6) is -0.449. The molecule has 0 unspecified atom stereocenters. The van der Waals surface area contributed by atoms with Crippen molar-refractivity contribution in [3.05, 3.63) is 30.4 Å². The van der Waals surface area contributed by atoms with Gasteiger partial charge < -0.3 is 15.2 Å². The molecule has 3 aromatic rings. The first-order valence-corrected chi connectivity index (χ1v) is 10.4. The largest absolute Gasteiger partial charge is 0.344 e. The van der Waals surface area contributed by atoms with Crippen LogP contribution in [0.4, 0.5) is 0 Å². The molecule has 0 bridgehead atoms. The Kier molecular flexibility index (Phi) is 4.66. The maximum atomic E-state index is 13.1. The number of aromatic amines is 1. The van der Waals surface area contributed by atoms with Crippen LogP contribution in [0.1, 0.15) is 29.6 Å². The van der Waals surface area contributed by atoms with Gasteiger partial charge in [0.15, 0.2) is 5.65 Å². The number of nitrogens with zero attached hydrogens (tertiary/aromatic N) is 6. The van der Waals surface area contributed by atoms with E-state index in [1.807, 2.05) is 13.2 Å². The van der Waals surface area contributed by atoms with E-state index >= 15 is 0 Å². The number of aromatic nitrogens is 5. The summed E-state index contributed by atoms with van der Waals surface area (Å²) in [5, 5.41) is 16.2. The van der Waals surface area contributed by atoms with Gasteiger partial charge in [-0.3, -0.25) is 14.3 Å². The molecule has 2 aliphatic rings. The van der Waals surface area contributed by atoms with Gasteiger partial charge >= 0.3 is 0 Å². The van der Waals surface area contributed by atoms with E-state index in [9.17, 15) is 9.59 Å². The summed E-state index contributed by atoms with van der Waals surface area (Å²) >= 11 is 0. The molecule has 0 radical (unpaired) electrons. The first-order chi connectivity index (χ1) is 15.0. The number of hydrogen-bond donors (Lipinski definition) is 2. The number of H-pyrrole nitrogens is 1. The molecule has 1 aliphatic carbocycles. The van der Waals surface area contributed by atoms with E-state index < -0.39 is 6.04 Å². The molecule has 10 heteroatoms. The number of nitrogens with one attached hydrogen (secondary N) is 2. The average Bonchev–Trinajstić information content (AvgIpc) is 3.17. The fraction of sp³-hybridized carbons (Fsp3) is 0.429. The van der Waals surface area contributed by atoms with Crippen LogP contribution in [-0.2, 0) is 11.8 Å². The van der Waals surface area contributed by atoms with Crippen molar-refractivity contribution >= 4 is 23.0 Å². The zero-order valence-corrected chi connectivity index (χ0v) is 17.1. The molecule has 4 heterocycles. The molecule has 5 rings (SSSR count). The van der Waals surface area contributed by atoms with E-state index in [1.165, 1.54) is 0 Å². The smallest absolute Gasteiger partial charge is 0.255 e. The number of amides is 2. The Balaban J connectivity index is 1.39. The molecule has 2 N–H and O–H groups in total. The highest BCUT2D eigenvalue weighted by Crippen LogP contribution is 2.34. The zero-order valence-electron chi connectivity index (χ0n) is 17.1. The molecule has 2 atom stereocenters. The van der Waals surface area contributed by atoms with Gasteiger partial charge in [0.1, 0.15) is 11.6 Å². The minimum Gasteiger partial charge on any atom is -0.344 e. The molecule has 2 amide bonds. The van der Waals surface area contributed by atoms with E-state index in [4.69, 9.17) is 5.26 Å². The van der Waals surface area contributed by atoms with Crippen molar-refractivity contribution in [3.8, 4) is 17.3 Å². The lowest BCUT2D eigenvalue weighted by Gasteiger charge is -2.24. The number of likely N-dealkylation sites (tertiary alicyclic amines) is 1. The van der Waals surface area contributed by atoms with Crippen LogP contribution in [0.5, 0.6) is 0 Å². The molecule has 10 nitrogen and oxygen atoms in total. The predicted molar refractivity (Wildman–Crippen MR) is 110 cm³/mol. The highest BCUT2D eigenvalue weighted by atomic mass is 16.2. The molecule has 31 heavy (non-hydrogen) atoms. The van der Waals surface area contributed by atoms with Crippen molar-refractivity contribution in [1.29, 1.82) is 5.26 Å². The molecule has 158 valence electrons. The van der Waals surface area contributed by atoms with Gasteiger partial charge in [0, 0.05) is 38.1 Å². The first-order valence-electron chi connectivity index (χ1n) is 10.4. The quantitative estimate of drug-likeness (QED) is 0.641. The van der Waals surface area contributed by atoms with Gasteiger partial charge in [-0.25, -0.2) is 9.97 Å². The maximum Gasteiger partial charge on any atom is 0.255 e. The highest BCUT2D eigenvalue weighted by molar-refractivity contribution is 6.06. The van der Waals surface area contributed by atoms with Crippen LogP contribution in [0.25, 0.3) is 22.4 Å². The molecule has 1 saturated carbocycles. The van der Waals surface area contributed by atoms with E-state index in [1.54, 1.807) is 28.2 Å². The number of carbonyl (C=O) groups excluding carboxylic acids is 2. The lowest BCUT2D eigenvalue weighted by molar-refractivity contribution is -0.132. The van der Waals surface area contributed by atoms with Crippen LogP contribution >= 0.6 is 0 Å². The second-order valence-corrected chi connectivity index (χ2v) is 8.25. The lowest BCUT2D eigenvalue weighted by Crippen LogP contribution is -2.49. The van der Waals surface area contributed by atoms with Gasteiger partial charge in [0.2, 0.25) is 5.91 Å². The van der Waals surface area contributed by atoms with Crippen molar-refractivity contribution < 1.29 is 9.59 Å². The van der Waals surface area contributed by atoms with Gasteiger partial charge in [-0.15, -0.1) is 0 Å². The second kappa shape index (κ2) is 7.50. The minimum atomic E-state index is -0.579. The van der Waals surface area contributed by atoms with Gasteiger partial charge in [0.25, 0.3) is 5.91 Å².